The molecule has 1 aromatic heterocycles. The van der Waals surface area contributed by atoms with E-state index >= 15 is 0 Å². The fraction of sp³-hybridized carbons (Fsp3) is 0.111. The molecule has 0 unspecified atom stereocenters. The van der Waals surface area contributed by atoms with E-state index < -0.39 is 5.97 Å². The average molecular weight is 179 g/mol. The van der Waals surface area contributed by atoms with E-state index in [0.717, 1.165) is 0 Å². The lowest BCUT2D eigenvalue weighted by molar-refractivity contribution is -0.134. The molecule has 68 valence electrons. The van der Waals surface area contributed by atoms with Crippen LogP contribution in [0.2, 0.25) is 0 Å². The third kappa shape index (κ3) is 2.94. The molecule has 4 heteroatoms. The quantitative estimate of drug-likeness (QED) is 0.543. The highest BCUT2D eigenvalue weighted by atomic mass is 16.5. The van der Waals surface area contributed by atoms with Crippen LogP contribution in [0.15, 0.2) is 24.4 Å². The molecule has 0 aromatic carbocycles. The maximum absolute atomic E-state index is 10.7. The number of hydrogen-bond donors (Lipinski definition) is 1. The number of carbonyl (C=O) groups is 1. The molecule has 1 N–H and O–H groups in total. The summed E-state index contributed by atoms with van der Waals surface area (Å²) < 4.78 is 4.39. The van der Waals surface area contributed by atoms with Gasteiger partial charge in [0.05, 0.1) is 19.0 Å². The van der Waals surface area contributed by atoms with Crippen LogP contribution in [0, 0.1) is 0 Å². The van der Waals surface area contributed by atoms with Crippen molar-refractivity contribution in [3.63, 3.8) is 0 Å². The summed E-state index contributed by atoms with van der Waals surface area (Å²) in [5, 5.41) is 8.90. The lowest BCUT2D eigenvalue weighted by Crippen LogP contribution is -1.93. The van der Waals surface area contributed by atoms with Crippen LogP contribution in [0.3, 0.4) is 0 Å². The highest BCUT2D eigenvalue weighted by Crippen LogP contribution is 2.06. The van der Waals surface area contributed by atoms with Crippen molar-refractivity contribution in [1.29, 1.82) is 0 Å². The molecule has 1 heterocycles. The number of rotatable bonds is 2. The molecule has 0 saturated carbocycles. The van der Waals surface area contributed by atoms with Crippen molar-refractivity contribution in [2.75, 3.05) is 7.11 Å². The van der Waals surface area contributed by atoms with Crippen LogP contribution in [-0.4, -0.2) is 23.2 Å². The standard InChI is InChI=1S/C9H9NO3/c1-13-9(12)5-3-7-2-4-8(11)6-10-7/h2-6,11H,1H3/b5-3-. The second-order valence-electron chi connectivity index (χ2n) is 2.30. The Hall–Kier alpha value is -1.84. The predicted molar refractivity (Wildman–Crippen MR) is 47.0 cm³/mol. The van der Waals surface area contributed by atoms with E-state index in [0.29, 0.717) is 5.69 Å². The number of pyridine rings is 1. The molecular formula is C9H9NO3. The maximum Gasteiger partial charge on any atom is 0.330 e. The van der Waals surface area contributed by atoms with Gasteiger partial charge in [-0.15, -0.1) is 0 Å². The molecule has 1 rings (SSSR count). The molecule has 0 aliphatic heterocycles. The van der Waals surface area contributed by atoms with Gasteiger partial charge in [0.25, 0.3) is 0 Å². The average Bonchev–Trinajstić information content (AvgIpc) is 2.16. The number of ether oxygens (including phenoxy) is 1. The first-order chi connectivity index (χ1) is 6.22. The third-order valence-electron chi connectivity index (χ3n) is 1.36. The lowest BCUT2D eigenvalue weighted by Gasteiger charge is -1.92. The zero-order valence-corrected chi connectivity index (χ0v) is 7.10. The number of hydrogen-bond acceptors (Lipinski definition) is 4. The van der Waals surface area contributed by atoms with Crippen molar-refractivity contribution in [2.45, 2.75) is 0 Å². The summed E-state index contributed by atoms with van der Waals surface area (Å²) in [6.07, 6.45) is 4.07. The van der Waals surface area contributed by atoms with Crippen LogP contribution in [0.5, 0.6) is 5.75 Å². The van der Waals surface area contributed by atoms with E-state index in [1.54, 1.807) is 6.07 Å². The molecule has 0 saturated heterocycles. The Kier molecular flexibility index (Phi) is 3.03. The van der Waals surface area contributed by atoms with E-state index in [9.17, 15) is 4.79 Å². The molecule has 4 nitrogen and oxygen atoms in total. The van der Waals surface area contributed by atoms with Gasteiger partial charge in [-0.3, -0.25) is 4.98 Å². The highest BCUT2D eigenvalue weighted by Gasteiger charge is 1.92. The van der Waals surface area contributed by atoms with Gasteiger partial charge in [-0.25, -0.2) is 4.79 Å². The van der Waals surface area contributed by atoms with Gasteiger partial charge < -0.3 is 9.84 Å². The number of nitrogens with zero attached hydrogens (tertiary/aromatic N) is 1. The van der Waals surface area contributed by atoms with Crippen molar-refractivity contribution in [3.8, 4) is 5.75 Å². The summed E-state index contributed by atoms with van der Waals surface area (Å²) in [5.41, 5.74) is 0.586. The van der Waals surface area contributed by atoms with E-state index in [-0.39, 0.29) is 5.75 Å². The van der Waals surface area contributed by atoms with E-state index in [1.807, 2.05) is 0 Å². The maximum atomic E-state index is 10.7. The smallest absolute Gasteiger partial charge is 0.330 e. The van der Waals surface area contributed by atoms with Crippen molar-refractivity contribution < 1.29 is 14.6 Å². The van der Waals surface area contributed by atoms with Gasteiger partial charge in [-0.1, -0.05) is 0 Å². The van der Waals surface area contributed by atoms with Crippen molar-refractivity contribution >= 4 is 12.0 Å². The first kappa shape index (κ1) is 9.25. The fourth-order valence-electron chi connectivity index (χ4n) is 0.718. The SMILES string of the molecule is COC(=O)/C=C\c1ccc(O)cn1. The van der Waals surface area contributed by atoms with Crippen molar-refractivity contribution in [3.05, 3.63) is 30.1 Å². The molecule has 0 atom stereocenters. The third-order valence-corrected chi connectivity index (χ3v) is 1.36. The van der Waals surface area contributed by atoms with Crippen LogP contribution in [-0.2, 0) is 9.53 Å². The number of aromatic hydroxyl groups is 1. The normalized spacial score (nSPS) is 10.2. The summed E-state index contributed by atoms with van der Waals surface area (Å²) in [7, 11) is 1.30. The molecule has 0 radical (unpaired) electrons. The largest absolute Gasteiger partial charge is 0.506 e. The topological polar surface area (TPSA) is 59.4 Å². The molecule has 1 aromatic rings. The molecule has 0 fully saturated rings. The number of esters is 1. The second-order valence-corrected chi connectivity index (χ2v) is 2.30. The van der Waals surface area contributed by atoms with Crippen molar-refractivity contribution in [1.82, 2.24) is 4.98 Å². The van der Waals surface area contributed by atoms with Gasteiger partial charge in [0.15, 0.2) is 0 Å². The Morgan fingerprint density at radius 3 is 2.92 bits per heavy atom. The molecule has 0 amide bonds. The summed E-state index contributed by atoms with van der Waals surface area (Å²) in [4.78, 5) is 14.5. The summed E-state index contributed by atoms with van der Waals surface area (Å²) in [6.45, 7) is 0. The van der Waals surface area contributed by atoms with Gasteiger partial charge in [0.1, 0.15) is 5.75 Å². The van der Waals surface area contributed by atoms with Crippen LogP contribution in [0.25, 0.3) is 6.08 Å². The number of aromatic nitrogens is 1. The fourth-order valence-corrected chi connectivity index (χ4v) is 0.718. The minimum atomic E-state index is -0.435. The van der Waals surface area contributed by atoms with E-state index in [1.165, 1.54) is 31.5 Å². The minimum absolute atomic E-state index is 0.0928. The summed E-state index contributed by atoms with van der Waals surface area (Å²) in [6, 6.07) is 3.08. The number of methoxy groups -OCH3 is 1. The van der Waals surface area contributed by atoms with Crippen LogP contribution in [0.4, 0.5) is 0 Å². The molecule has 0 spiro atoms. The van der Waals surface area contributed by atoms with Gasteiger partial charge in [0, 0.05) is 6.08 Å². The first-order valence-electron chi connectivity index (χ1n) is 3.63. The number of carbonyl (C=O) groups excluding carboxylic acids is 1. The second kappa shape index (κ2) is 4.25. The van der Waals surface area contributed by atoms with E-state index in [4.69, 9.17) is 5.11 Å². The Labute approximate surface area is 75.5 Å². The Morgan fingerprint density at radius 1 is 1.62 bits per heavy atom. The van der Waals surface area contributed by atoms with Gasteiger partial charge in [-0.05, 0) is 18.2 Å². The van der Waals surface area contributed by atoms with Crippen LogP contribution in [0.1, 0.15) is 5.69 Å². The Balaban J connectivity index is 2.69. The van der Waals surface area contributed by atoms with Crippen LogP contribution >= 0.6 is 0 Å². The lowest BCUT2D eigenvalue weighted by atomic mass is 10.3. The highest BCUT2D eigenvalue weighted by molar-refractivity contribution is 5.86. The molecule has 13 heavy (non-hydrogen) atoms. The molecular weight excluding hydrogens is 170 g/mol. The van der Waals surface area contributed by atoms with Gasteiger partial charge >= 0.3 is 5.97 Å². The summed E-state index contributed by atoms with van der Waals surface area (Å²) >= 11 is 0. The Morgan fingerprint density at radius 2 is 2.38 bits per heavy atom. The monoisotopic (exact) mass is 179 g/mol. The molecule has 0 aliphatic carbocycles. The van der Waals surface area contributed by atoms with Crippen LogP contribution < -0.4 is 0 Å². The van der Waals surface area contributed by atoms with Gasteiger partial charge in [0.2, 0.25) is 0 Å². The van der Waals surface area contributed by atoms with E-state index in [2.05, 4.69) is 9.72 Å². The zero-order chi connectivity index (χ0) is 9.68. The predicted octanol–water partition coefficient (Wildman–Crippen LogP) is 0.973. The zero-order valence-electron chi connectivity index (χ0n) is 7.10. The van der Waals surface area contributed by atoms with Gasteiger partial charge in [-0.2, -0.15) is 0 Å². The molecule has 0 aliphatic rings. The molecule has 0 bridgehead atoms. The summed E-state index contributed by atoms with van der Waals surface area (Å²) in [5.74, 6) is -0.343. The first-order valence-corrected chi connectivity index (χ1v) is 3.63. The minimum Gasteiger partial charge on any atom is -0.506 e. The van der Waals surface area contributed by atoms with Crippen molar-refractivity contribution in [2.24, 2.45) is 0 Å². The Bertz CT molecular complexity index is 316.